The normalized spacial score (nSPS) is 34.9. The fourth-order valence-corrected chi connectivity index (χ4v) is 2.70. The van der Waals surface area contributed by atoms with Crippen molar-refractivity contribution < 1.29 is 5.11 Å². The highest BCUT2D eigenvalue weighted by Gasteiger charge is 2.23. The summed E-state index contributed by atoms with van der Waals surface area (Å²) in [5.41, 5.74) is 0. The third kappa shape index (κ3) is 2.69. The van der Waals surface area contributed by atoms with Gasteiger partial charge in [0.25, 0.3) is 0 Å². The summed E-state index contributed by atoms with van der Waals surface area (Å²) in [6, 6.07) is 0. The second-order valence-electron chi connectivity index (χ2n) is 4.81. The Morgan fingerprint density at radius 2 is 2.21 bits per heavy atom. The smallest absolute Gasteiger partial charge is 0.0471 e. The Balaban J connectivity index is 1.73. The Hall–Kier alpha value is -0.120. The van der Waals surface area contributed by atoms with Crippen molar-refractivity contribution in [3.8, 4) is 0 Å². The van der Waals surface area contributed by atoms with Gasteiger partial charge in [-0.2, -0.15) is 0 Å². The topological polar surface area (TPSA) is 35.5 Å². The highest BCUT2D eigenvalue weighted by Crippen LogP contribution is 2.18. The van der Waals surface area contributed by atoms with Crippen LogP contribution in [0.1, 0.15) is 19.3 Å². The van der Waals surface area contributed by atoms with E-state index in [2.05, 4.69) is 10.2 Å². The van der Waals surface area contributed by atoms with Crippen LogP contribution in [-0.2, 0) is 0 Å². The molecule has 0 aromatic heterocycles. The minimum absolute atomic E-state index is 0.374. The Morgan fingerprint density at radius 3 is 2.93 bits per heavy atom. The van der Waals surface area contributed by atoms with Crippen LogP contribution in [-0.4, -0.2) is 49.3 Å². The standard InChI is InChI=1S/C11H22N2O/c14-9-11-2-1-5-13(8-11)7-10-3-4-12-6-10/h10-12,14H,1-9H2. The molecule has 2 saturated heterocycles. The number of hydrogen-bond donors (Lipinski definition) is 2. The third-order valence-corrected chi connectivity index (χ3v) is 3.54. The largest absolute Gasteiger partial charge is 0.396 e. The first kappa shape index (κ1) is 10.4. The lowest BCUT2D eigenvalue weighted by molar-refractivity contribution is 0.110. The summed E-state index contributed by atoms with van der Waals surface area (Å²) in [6.45, 7) is 6.37. The first-order valence-electron chi connectivity index (χ1n) is 5.92. The molecule has 2 unspecified atom stereocenters. The van der Waals surface area contributed by atoms with E-state index < -0.39 is 0 Å². The Morgan fingerprint density at radius 1 is 1.29 bits per heavy atom. The molecule has 2 aliphatic heterocycles. The lowest BCUT2D eigenvalue weighted by Crippen LogP contribution is -2.40. The first-order valence-corrected chi connectivity index (χ1v) is 5.92. The Labute approximate surface area is 86.5 Å². The number of aliphatic hydroxyl groups excluding tert-OH is 1. The van der Waals surface area contributed by atoms with Crippen molar-refractivity contribution in [2.45, 2.75) is 19.3 Å². The molecule has 0 amide bonds. The SMILES string of the molecule is OCC1CCCN(CC2CCNC2)C1. The van der Waals surface area contributed by atoms with Crippen LogP contribution in [0.4, 0.5) is 0 Å². The van der Waals surface area contributed by atoms with Crippen molar-refractivity contribution in [3.63, 3.8) is 0 Å². The highest BCUT2D eigenvalue weighted by molar-refractivity contribution is 4.78. The van der Waals surface area contributed by atoms with E-state index >= 15 is 0 Å². The number of nitrogens with one attached hydrogen (secondary N) is 1. The fourth-order valence-electron chi connectivity index (χ4n) is 2.70. The summed E-state index contributed by atoms with van der Waals surface area (Å²) in [5.74, 6) is 1.39. The van der Waals surface area contributed by atoms with Gasteiger partial charge in [-0.1, -0.05) is 0 Å². The van der Waals surface area contributed by atoms with Crippen LogP contribution in [0.2, 0.25) is 0 Å². The van der Waals surface area contributed by atoms with Crippen molar-refractivity contribution in [2.75, 3.05) is 39.3 Å². The molecule has 0 aromatic carbocycles. The van der Waals surface area contributed by atoms with Crippen LogP contribution in [0.15, 0.2) is 0 Å². The molecule has 3 heteroatoms. The predicted molar refractivity (Wildman–Crippen MR) is 57.2 cm³/mol. The molecule has 2 heterocycles. The van der Waals surface area contributed by atoms with Gasteiger partial charge in [-0.25, -0.2) is 0 Å². The van der Waals surface area contributed by atoms with Crippen LogP contribution in [0.25, 0.3) is 0 Å². The van der Waals surface area contributed by atoms with E-state index in [1.807, 2.05) is 0 Å². The van der Waals surface area contributed by atoms with Gasteiger partial charge in [0.15, 0.2) is 0 Å². The summed E-state index contributed by atoms with van der Waals surface area (Å²) in [5, 5.41) is 12.5. The second kappa shape index (κ2) is 5.10. The van der Waals surface area contributed by atoms with Crippen molar-refractivity contribution in [3.05, 3.63) is 0 Å². The summed E-state index contributed by atoms with van der Waals surface area (Å²) >= 11 is 0. The predicted octanol–water partition coefficient (Wildman–Crippen LogP) is 0.300. The number of piperidine rings is 1. The Bertz CT molecular complexity index is 169. The summed E-state index contributed by atoms with van der Waals surface area (Å²) in [4.78, 5) is 2.54. The van der Waals surface area contributed by atoms with E-state index in [1.165, 1.54) is 45.4 Å². The fraction of sp³-hybridized carbons (Fsp3) is 1.00. The summed E-state index contributed by atoms with van der Waals surface area (Å²) in [6.07, 6.45) is 3.82. The van der Waals surface area contributed by atoms with Crippen molar-refractivity contribution in [1.29, 1.82) is 0 Å². The number of hydrogen-bond acceptors (Lipinski definition) is 3. The molecular formula is C11H22N2O. The van der Waals surface area contributed by atoms with E-state index in [4.69, 9.17) is 5.11 Å². The van der Waals surface area contributed by atoms with Gasteiger partial charge >= 0.3 is 0 Å². The van der Waals surface area contributed by atoms with E-state index in [9.17, 15) is 0 Å². The van der Waals surface area contributed by atoms with Crippen molar-refractivity contribution in [2.24, 2.45) is 11.8 Å². The maximum atomic E-state index is 9.13. The number of nitrogens with zero attached hydrogens (tertiary/aromatic N) is 1. The lowest BCUT2D eigenvalue weighted by Gasteiger charge is -2.33. The zero-order valence-corrected chi connectivity index (χ0v) is 8.91. The summed E-state index contributed by atoms with van der Waals surface area (Å²) < 4.78 is 0. The van der Waals surface area contributed by atoms with Crippen LogP contribution < -0.4 is 5.32 Å². The molecule has 2 aliphatic rings. The average Bonchev–Trinajstić information content (AvgIpc) is 2.71. The number of likely N-dealkylation sites (tertiary alicyclic amines) is 1. The van der Waals surface area contributed by atoms with E-state index in [0.29, 0.717) is 12.5 Å². The molecule has 0 aliphatic carbocycles. The Kier molecular flexibility index (Phi) is 3.79. The van der Waals surface area contributed by atoms with Gasteiger partial charge in [0, 0.05) is 19.7 Å². The molecule has 0 saturated carbocycles. The molecule has 2 rings (SSSR count). The molecule has 14 heavy (non-hydrogen) atoms. The van der Waals surface area contributed by atoms with E-state index in [-0.39, 0.29) is 0 Å². The van der Waals surface area contributed by atoms with E-state index in [1.54, 1.807) is 0 Å². The number of aliphatic hydroxyl groups is 1. The van der Waals surface area contributed by atoms with Gasteiger partial charge in [-0.15, -0.1) is 0 Å². The van der Waals surface area contributed by atoms with Gasteiger partial charge in [-0.3, -0.25) is 0 Å². The molecule has 0 spiro atoms. The molecule has 0 bridgehead atoms. The van der Waals surface area contributed by atoms with Gasteiger partial charge < -0.3 is 15.3 Å². The first-order chi connectivity index (χ1) is 6.88. The monoisotopic (exact) mass is 198 g/mol. The van der Waals surface area contributed by atoms with Gasteiger partial charge in [-0.05, 0) is 50.7 Å². The van der Waals surface area contributed by atoms with Crippen LogP contribution in [0.5, 0.6) is 0 Å². The molecule has 2 N–H and O–H groups in total. The quantitative estimate of drug-likeness (QED) is 0.684. The second-order valence-corrected chi connectivity index (χ2v) is 4.81. The third-order valence-electron chi connectivity index (χ3n) is 3.54. The van der Waals surface area contributed by atoms with E-state index in [0.717, 1.165) is 12.5 Å². The zero-order chi connectivity index (χ0) is 9.80. The highest BCUT2D eigenvalue weighted by atomic mass is 16.3. The van der Waals surface area contributed by atoms with Crippen LogP contribution in [0, 0.1) is 11.8 Å². The summed E-state index contributed by atoms with van der Waals surface area (Å²) in [7, 11) is 0. The molecule has 0 radical (unpaired) electrons. The minimum Gasteiger partial charge on any atom is -0.396 e. The van der Waals surface area contributed by atoms with Crippen molar-refractivity contribution >= 4 is 0 Å². The average molecular weight is 198 g/mol. The molecule has 2 fully saturated rings. The van der Waals surface area contributed by atoms with Crippen LogP contribution in [0.3, 0.4) is 0 Å². The minimum atomic E-state index is 0.374. The molecule has 0 aromatic rings. The van der Waals surface area contributed by atoms with Crippen molar-refractivity contribution in [1.82, 2.24) is 10.2 Å². The van der Waals surface area contributed by atoms with Gasteiger partial charge in [0.2, 0.25) is 0 Å². The lowest BCUT2D eigenvalue weighted by atomic mass is 9.97. The molecular weight excluding hydrogens is 176 g/mol. The molecule has 3 nitrogen and oxygen atoms in total. The van der Waals surface area contributed by atoms with Gasteiger partial charge in [0.05, 0.1) is 0 Å². The molecule has 2 atom stereocenters. The maximum absolute atomic E-state index is 9.13. The van der Waals surface area contributed by atoms with Gasteiger partial charge in [0.1, 0.15) is 0 Å². The number of rotatable bonds is 3. The van der Waals surface area contributed by atoms with Crippen LogP contribution >= 0.6 is 0 Å². The maximum Gasteiger partial charge on any atom is 0.0471 e. The zero-order valence-electron chi connectivity index (χ0n) is 8.91. The molecule has 82 valence electrons.